The zero-order valence-corrected chi connectivity index (χ0v) is 17.3. The van der Waals surface area contributed by atoms with Gasteiger partial charge in [0, 0.05) is 13.1 Å². The van der Waals surface area contributed by atoms with E-state index in [1.165, 1.54) is 29.6 Å². The molecule has 0 saturated heterocycles. The molecule has 6 nitrogen and oxygen atoms in total. The molecule has 0 atom stereocenters. The number of amides is 1. The first-order valence-electron chi connectivity index (χ1n) is 8.50. The van der Waals surface area contributed by atoms with Crippen LogP contribution in [0, 0.1) is 6.92 Å². The van der Waals surface area contributed by atoms with Gasteiger partial charge in [-0.3, -0.25) is 4.79 Å². The first-order valence-corrected chi connectivity index (χ1v) is 10.3. The summed E-state index contributed by atoms with van der Waals surface area (Å²) in [5.74, 6) is -0.0162. The Bertz CT molecular complexity index is 941. The minimum atomic E-state index is -3.70. The first kappa shape index (κ1) is 21.2. The maximum absolute atomic E-state index is 12.7. The highest BCUT2D eigenvalue weighted by atomic mass is 35.5. The molecule has 0 saturated carbocycles. The maximum Gasteiger partial charge on any atom is 0.257 e. The third-order valence-electron chi connectivity index (χ3n) is 4.13. The number of halogens is 1. The zero-order chi connectivity index (χ0) is 20.2. The van der Waals surface area contributed by atoms with Gasteiger partial charge in [-0.1, -0.05) is 31.5 Å². The van der Waals surface area contributed by atoms with Crippen molar-refractivity contribution in [3.05, 3.63) is 52.5 Å². The van der Waals surface area contributed by atoms with Gasteiger partial charge >= 0.3 is 0 Å². The van der Waals surface area contributed by atoms with Gasteiger partial charge in [-0.2, -0.15) is 4.31 Å². The van der Waals surface area contributed by atoms with Crippen LogP contribution in [0.15, 0.2) is 41.3 Å². The number of anilines is 1. The molecule has 2 aromatic rings. The van der Waals surface area contributed by atoms with Gasteiger partial charge in [-0.05, 0) is 42.8 Å². The van der Waals surface area contributed by atoms with Gasteiger partial charge < -0.3 is 10.1 Å². The minimum Gasteiger partial charge on any atom is -0.495 e. The number of nitrogens with one attached hydrogen (secondary N) is 1. The van der Waals surface area contributed by atoms with Crippen molar-refractivity contribution >= 4 is 33.2 Å². The Hall–Kier alpha value is -2.09. The Balaban J connectivity index is 2.42. The molecule has 0 aliphatic carbocycles. The highest BCUT2D eigenvalue weighted by Crippen LogP contribution is 2.28. The second-order valence-electron chi connectivity index (χ2n) is 5.89. The first-order chi connectivity index (χ1) is 12.7. The summed E-state index contributed by atoms with van der Waals surface area (Å²) in [5.41, 5.74) is 1.50. The van der Waals surface area contributed by atoms with Crippen LogP contribution >= 0.6 is 11.6 Å². The van der Waals surface area contributed by atoms with E-state index in [4.69, 9.17) is 16.3 Å². The summed E-state index contributed by atoms with van der Waals surface area (Å²) in [6.07, 6.45) is 0. The number of benzene rings is 2. The number of carbonyl (C=O) groups is 1. The third-order valence-corrected chi connectivity index (χ3v) is 6.50. The zero-order valence-electron chi connectivity index (χ0n) is 15.7. The summed E-state index contributed by atoms with van der Waals surface area (Å²) in [4.78, 5) is 12.8. The number of hydrogen-bond donors (Lipinski definition) is 1. The maximum atomic E-state index is 12.7. The van der Waals surface area contributed by atoms with Crippen LogP contribution in [0.4, 0.5) is 5.69 Å². The number of ether oxygens (including phenoxy) is 1. The van der Waals surface area contributed by atoms with E-state index in [1.54, 1.807) is 26.0 Å². The van der Waals surface area contributed by atoms with Crippen LogP contribution in [-0.4, -0.2) is 38.8 Å². The van der Waals surface area contributed by atoms with Crippen molar-refractivity contribution in [1.82, 2.24) is 4.31 Å². The van der Waals surface area contributed by atoms with Crippen LogP contribution < -0.4 is 10.1 Å². The summed E-state index contributed by atoms with van der Waals surface area (Å²) in [5, 5.41) is 2.90. The van der Waals surface area contributed by atoms with Crippen LogP contribution in [0.1, 0.15) is 29.8 Å². The molecular weight excluding hydrogens is 388 g/mol. The topological polar surface area (TPSA) is 75.7 Å². The molecule has 0 unspecified atom stereocenters. The van der Waals surface area contributed by atoms with Crippen LogP contribution in [0.2, 0.25) is 5.02 Å². The van der Waals surface area contributed by atoms with Crippen molar-refractivity contribution in [2.75, 3.05) is 25.5 Å². The van der Waals surface area contributed by atoms with E-state index >= 15 is 0 Å². The van der Waals surface area contributed by atoms with Crippen molar-refractivity contribution in [3.63, 3.8) is 0 Å². The molecule has 146 valence electrons. The normalized spacial score (nSPS) is 11.5. The third kappa shape index (κ3) is 4.61. The molecule has 0 aliphatic rings. The van der Waals surface area contributed by atoms with Crippen molar-refractivity contribution in [2.45, 2.75) is 25.7 Å². The molecule has 1 N–H and O–H groups in total. The number of rotatable bonds is 7. The Morgan fingerprint density at radius 3 is 2.41 bits per heavy atom. The van der Waals surface area contributed by atoms with E-state index < -0.39 is 15.9 Å². The second-order valence-corrected chi connectivity index (χ2v) is 8.23. The Morgan fingerprint density at radius 1 is 1.15 bits per heavy atom. The summed E-state index contributed by atoms with van der Waals surface area (Å²) in [7, 11) is -2.19. The number of hydrogen-bond acceptors (Lipinski definition) is 4. The predicted octanol–water partition coefficient (Wildman–Crippen LogP) is 3.94. The number of carbonyl (C=O) groups excluding carboxylic acids is 1. The van der Waals surface area contributed by atoms with E-state index in [9.17, 15) is 13.2 Å². The Morgan fingerprint density at radius 2 is 1.81 bits per heavy atom. The lowest BCUT2D eigenvalue weighted by molar-refractivity contribution is 0.102. The molecule has 0 aromatic heterocycles. The van der Waals surface area contributed by atoms with Crippen molar-refractivity contribution in [3.8, 4) is 5.75 Å². The highest BCUT2D eigenvalue weighted by Gasteiger charge is 2.24. The van der Waals surface area contributed by atoms with Crippen LogP contribution in [-0.2, 0) is 10.0 Å². The number of sulfonamides is 1. The molecule has 0 bridgehead atoms. The fraction of sp³-hybridized carbons (Fsp3) is 0.316. The summed E-state index contributed by atoms with van der Waals surface area (Å²) < 4.78 is 32.0. The van der Waals surface area contributed by atoms with Gasteiger partial charge in [0.05, 0.1) is 28.3 Å². The molecule has 1 amide bonds. The minimum absolute atomic E-state index is 0.0250. The SMILES string of the molecule is CCN(CC)S(=O)(=O)c1ccc(Cl)c(C(=O)Nc2cc(C)ccc2OC)c1. The quantitative estimate of drug-likeness (QED) is 0.750. The monoisotopic (exact) mass is 410 g/mol. The summed E-state index contributed by atoms with van der Waals surface area (Å²) in [6.45, 7) is 6.08. The molecule has 0 aliphatic heterocycles. The van der Waals surface area contributed by atoms with E-state index in [-0.39, 0.29) is 15.5 Å². The van der Waals surface area contributed by atoms with Crippen LogP contribution in [0.25, 0.3) is 0 Å². The van der Waals surface area contributed by atoms with Gasteiger partial charge in [0.25, 0.3) is 5.91 Å². The van der Waals surface area contributed by atoms with Gasteiger partial charge in [-0.25, -0.2) is 8.42 Å². The largest absolute Gasteiger partial charge is 0.495 e. The number of nitrogens with zero attached hydrogens (tertiary/aromatic N) is 1. The van der Waals surface area contributed by atoms with Gasteiger partial charge in [0.2, 0.25) is 10.0 Å². The summed E-state index contributed by atoms with van der Waals surface area (Å²) in [6, 6.07) is 9.49. The average molecular weight is 411 g/mol. The van der Waals surface area contributed by atoms with E-state index in [2.05, 4.69) is 5.32 Å². The van der Waals surface area contributed by atoms with E-state index in [0.29, 0.717) is 24.5 Å². The fourth-order valence-corrected chi connectivity index (χ4v) is 4.35. The lowest BCUT2D eigenvalue weighted by atomic mass is 10.1. The Kier molecular flexibility index (Phi) is 6.86. The fourth-order valence-electron chi connectivity index (χ4n) is 2.66. The molecule has 0 fully saturated rings. The van der Waals surface area contributed by atoms with E-state index in [1.807, 2.05) is 13.0 Å². The number of aryl methyl sites for hydroxylation is 1. The molecule has 0 radical (unpaired) electrons. The molecular formula is C19H23ClN2O4S. The van der Waals surface area contributed by atoms with Gasteiger partial charge in [-0.15, -0.1) is 0 Å². The second kappa shape index (κ2) is 8.73. The smallest absolute Gasteiger partial charge is 0.257 e. The van der Waals surface area contributed by atoms with Gasteiger partial charge in [0.1, 0.15) is 5.75 Å². The lowest BCUT2D eigenvalue weighted by Gasteiger charge is -2.19. The summed E-state index contributed by atoms with van der Waals surface area (Å²) >= 11 is 6.16. The molecule has 0 spiro atoms. The highest BCUT2D eigenvalue weighted by molar-refractivity contribution is 7.89. The number of methoxy groups -OCH3 is 1. The molecule has 2 rings (SSSR count). The van der Waals surface area contributed by atoms with E-state index in [0.717, 1.165) is 5.56 Å². The lowest BCUT2D eigenvalue weighted by Crippen LogP contribution is -2.30. The molecule has 8 heteroatoms. The van der Waals surface area contributed by atoms with Crippen molar-refractivity contribution in [1.29, 1.82) is 0 Å². The Labute approximate surface area is 165 Å². The van der Waals surface area contributed by atoms with Crippen LogP contribution in [0.3, 0.4) is 0 Å². The van der Waals surface area contributed by atoms with Crippen LogP contribution in [0.5, 0.6) is 5.75 Å². The van der Waals surface area contributed by atoms with Crippen molar-refractivity contribution < 1.29 is 17.9 Å². The standard InChI is InChI=1S/C19H23ClN2O4S/c1-5-22(6-2)27(24,25)14-8-9-16(20)15(12-14)19(23)21-17-11-13(3)7-10-18(17)26-4/h7-12H,5-6H2,1-4H3,(H,21,23). The van der Waals surface area contributed by atoms with Crippen molar-refractivity contribution in [2.24, 2.45) is 0 Å². The molecule has 27 heavy (non-hydrogen) atoms. The molecule has 0 heterocycles. The predicted molar refractivity (Wildman–Crippen MR) is 107 cm³/mol. The molecule has 2 aromatic carbocycles. The van der Waals surface area contributed by atoms with Gasteiger partial charge in [0.15, 0.2) is 0 Å². The average Bonchev–Trinajstić information content (AvgIpc) is 2.62.